The van der Waals surface area contributed by atoms with E-state index in [0.717, 1.165) is 37.9 Å². The van der Waals surface area contributed by atoms with Crippen molar-refractivity contribution in [3.8, 4) is 10.6 Å². The first-order chi connectivity index (χ1) is 19.7. The molecule has 0 fully saturated rings. The molecule has 4 heterocycles. The molecule has 0 aliphatic rings. The monoisotopic (exact) mass is 539 g/mol. The molecular weight excluding hydrogens is 518 g/mol. The second-order valence-corrected chi connectivity index (χ2v) is 10.4. The minimum Gasteiger partial charge on any atom is -0.358 e. The Morgan fingerprint density at radius 1 is 0.775 bits per heavy atom. The number of thiazole rings is 1. The molecule has 0 aliphatic heterocycles. The maximum absolute atomic E-state index is 11.5. The molecule has 40 heavy (non-hydrogen) atoms. The van der Waals surface area contributed by atoms with Gasteiger partial charge in [0.2, 0.25) is 0 Å². The van der Waals surface area contributed by atoms with Gasteiger partial charge in [0.15, 0.2) is 5.65 Å². The minimum atomic E-state index is -0.777. The first-order valence-electron chi connectivity index (χ1n) is 12.7. The molecule has 0 bridgehead atoms. The summed E-state index contributed by atoms with van der Waals surface area (Å²) in [4.78, 5) is 24.5. The number of benzene rings is 3. The van der Waals surface area contributed by atoms with Crippen LogP contribution in [0.1, 0.15) is 16.7 Å². The molecule has 4 aromatic heterocycles. The Morgan fingerprint density at radius 3 is 1.95 bits per heavy atom. The Hall–Kier alpha value is -5.21. The number of fused-ring (bicyclic) bond motifs is 3. The molecule has 3 aromatic carbocycles. The van der Waals surface area contributed by atoms with Gasteiger partial charge in [-0.25, -0.2) is 4.98 Å². The SMILES string of the molecule is O=[N+]([O-])c1cc(-c2nc3c(s2)c2cnccc2n3C(c2ccccc2)(c2ccccc2)c2ccccc2)ccn1. The van der Waals surface area contributed by atoms with Crippen LogP contribution in [0.4, 0.5) is 5.82 Å². The summed E-state index contributed by atoms with van der Waals surface area (Å²) in [6.45, 7) is 0. The van der Waals surface area contributed by atoms with E-state index in [1.54, 1.807) is 12.3 Å². The Morgan fingerprint density at radius 2 is 1.38 bits per heavy atom. The smallest absolute Gasteiger partial charge is 0.358 e. The predicted octanol–water partition coefficient (Wildman–Crippen LogP) is 7.46. The van der Waals surface area contributed by atoms with Gasteiger partial charge in [-0.2, -0.15) is 0 Å². The average Bonchev–Trinajstić information content (AvgIpc) is 3.58. The highest BCUT2D eigenvalue weighted by Crippen LogP contribution is 2.47. The molecule has 0 unspecified atom stereocenters. The van der Waals surface area contributed by atoms with Gasteiger partial charge in [0, 0.05) is 29.4 Å². The summed E-state index contributed by atoms with van der Waals surface area (Å²) in [5.74, 6) is -0.209. The highest BCUT2D eigenvalue weighted by molar-refractivity contribution is 7.22. The summed E-state index contributed by atoms with van der Waals surface area (Å²) < 4.78 is 3.26. The summed E-state index contributed by atoms with van der Waals surface area (Å²) in [7, 11) is 0. The van der Waals surface area contributed by atoms with E-state index in [-0.39, 0.29) is 5.82 Å². The summed E-state index contributed by atoms with van der Waals surface area (Å²) in [6.07, 6.45) is 5.13. The fourth-order valence-electron chi connectivity index (χ4n) is 5.55. The second-order valence-electron chi connectivity index (χ2n) is 9.37. The van der Waals surface area contributed by atoms with E-state index in [1.165, 1.54) is 23.6 Å². The molecule has 7 rings (SSSR count). The van der Waals surface area contributed by atoms with Crippen molar-refractivity contribution in [3.05, 3.63) is 155 Å². The first kappa shape index (κ1) is 23.9. The van der Waals surface area contributed by atoms with Crippen molar-refractivity contribution in [2.45, 2.75) is 5.54 Å². The zero-order chi connectivity index (χ0) is 27.1. The van der Waals surface area contributed by atoms with Crippen LogP contribution >= 0.6 is 11.3 Å². The number of nitrogens with zero attached hydrogens (tertiary/aromatic N) is 5. The molecule has 0 spiro atoms. The van der Waals surface area contributed by atoms with Crippen LogP contribution in [-0.2, 0) is 5.54 Å². The lowest BCUT2D eigenvalue weighted by molar-refractivity contribution is -0.389. The Kier molecular flexibility index (Phi) is 5.68. The molecule has 192 valence electrons. The highest BCUT2D eigenvalue weighted by Gasteiger charge is 2.41. The van der Waals surface area contributed by atoms with Gasteiger partial charge in [-0.1, -0.05) is 91.0 Å². The molecule has 0 amide bonds. The lowest BCUT2D eigenvalue weighted by Gasteiger charge is -2.38. The molecule has 7 aromatic rings. The molecule has 7 nitrogen and oxygen atoms in total. The zero-order valence-corrected chi connectivity index (χ0v) is 21.9. The summed E-state index contributed by atoms with van der Waals surface area (Å²) in [5, 5.41) is 13.1. The number of hydrogen-bond donors (Lipinski definition) is 0. The number of aromatic nitrogens is 4. The van der Waals surface area contributed by atoms with Gasteiger partial charge >= 0.3 is 5.82 Å². The Labute approximate surface area is 233 Å². The fourth-order valence-corrected chi connectivity index (χ4v) is 6.62. The van der Waals surface area contributed by atoms with Crippen LogP contribution < -0.4 is 0 Å². The number of pyridine rings is 2. The Balaban J connectivity index is 1.64. The van der Waals surface area contributed by atoms with Crippen molar-refractivity contribution in [2.75, 3.05) is 0 Å². The first-order valence-corrected chi connectivity index (χ1v) is 13.5. The fraction of sp³-hybridized carbons (Fsp3) is 0.0312. The van der Waals surface area contributed by atoms with Crippen LogP contribution in [-0.4, -0.2) is 24.4 Å². The van der Waals surface area contributed by atoms with Crippen LogP contribution in [0.15, 0.2) is 128 Å². The maximum atomic E-state index is 11.5. The molecule has 0 saturated carbocycles. The van der Waals surface area contributed by atoms with Crippen LogP contribution in [0, 0.1) is 10.1 Å². The average molecular weight is 540 g/mol. The van der Waals surface area contributed by atoms with Gasteiger partial charge < -0.3 is 14.7 Å². The lowest BCUT2D eigenvalue weighted by Crippen LogP contribution is -2.37. The second kappa shape index (κ2) is 9.52. The maximum Gasteiger partial charge on any atom is 0.364 e. The third kappa shape index (κ3) is 3.61. The van der Waals surface area contributed by atoms with Crippen molar-refractivity contribution in [1.82, 2.24) is 19.5 Å². The van der Waals surface area contributed by atoms with E-state index >= 15 is 0 Å². The van der Waals surface area contributed by atoms with Crippen molar-refractivity contribution < 1.29 is 4.92 Å². The van der Waals surface area contributed by atoms with Gasteiger partial charge in [-0.15, -0.1) is 11.3 Å². The topological polar surface area (TPSA) is 86.7 Å². The van der Waals surface area contributed by atoms with Gasteiger partial charge in [0.25, 0.3) is 0 Å². The quantitative estimate of drug-likeness (QED) is 0.124. The highest BCUT2D eigenvalue weighted by atomic mass is 32.1. The van der Waals surface area contributed by atoms with Crippen molar-refractivity contribution in [1.29, 1.82) is 0 Å². The number of rotatable bonds is 6. The van der Waals surface area contributed by atoms with E-state index in [4.69, 9.17) is 4.98 Å². The molecule has 0 radical (unpaired) electrons. The largest absolute Gasteiger partial charge is 0.364 e. The third-order valence-electron chi connectivity index (χ3n) is 7.19. The number of nitro groups is 1. The molecule has 0 saturated heterocycles. The van der Waals surface area contributed by atoms with Gasteiger partial charge in [0.1, 0.15) is 16.7 Å². The molecule has 0 atom stereocenters. The molecule has 0 aliphatic carbocycles. The van der Waals surface area contributed by atoms with Crippen molar-refractivity contribution in [3.63, 3.8) is 0 Å². The third-order valence-corrected chi connectivity index (χ3v) is 8.32. The van der Waals surface area contributed by atoms with E-state index in [9.17, 15) is 10.1 Å². The molecular formula is C32H21N5O2S. The van der Waals surface area contributed by atoms with Gasteiger partial charge in [0.05, 0.1) is 10.2 Å². The van der Waals surface area contributed by atoms with E-state index in [0.29, 0.717) is 10.6 Å². The zero-order valence-electron chi connectivity index (χ0n) is 21.1. The van der Waals surface area contributed by atoms with E-state index in [1.807, 2.05) is 30.5 Å². The lowest BCUT2D eigenvalue weighted by atomic mass is 9.76. The summed E-state index contributed by atoms with van der Waals surface area (Å²) >= 11 is 1.50. The predicted molar refractivity (Wildman–Crippen MR) is 157 cm³/mol. The van der Waals surface area contributed by atoms with Crippen molar-refractivity contribution >= 4 is 38.4 Å². The number of hydrogen-bond acceptors (Lipinski definition) is 6. The molecule has 8 heteroatoms. The van der Waals surface area contributed by atoms with Crippen LogP contribution in [0.5, 0.6) is 0 Å². The van der Waals surface area contributed by atoms with E-state index < -0.39 is 10.5 Å². The van der Waals surface area contributed by atoms with Gasteiger partial charge in [-0.05, 0) is 38.7 Å². The van der Waals surface area contributed by atoms with Crippen LogP contribution in [0.25, 0.3) is 31.8 Å². The van der Waals surface area contributed by atoms with Crippen LogP contribution in [0.2, 0.25) is 0 Å². The van der Waals surface area contributed by atoms with Gasteiger partial charge in [-0.3, -0.25) is 4.98 Å². The standard InChI is InChI=1S/C32H21N5O2S/c38-37(39)28-20-22(16-19-34-28)31-35-30-29(40-31)26-21-33-18-17-27(26)36(30)32(23-10-4-1-5-11-23,24-12-6-2-7-13-24)25-14-8-3-9-15-25/h1-21H. The summed E-state index contributed by atoms with van der Waals surface area (Å²) in [5.41, 5.74) is 4.88. The van der Waals surface area contributed by atoms with Crippen LogP contribution in [0.3, 0.4) is 0 Å². The Bertz CT molecular complexity index is 1890. The molecule has 0 N–H and O–H groups in total. The normalized spacial score (nSPS) is 11.7. The summed E-state index contributed by atoms with van der Waals surface area (Å²) in [6, 6.07) is 36.6. The van der Waals surface area contributed by atoms with E-state index in [2.05, 4.69) is 87.3 Å². The minimum absolute atomic E-state index is 0.209. The van der Waals surface area contributed by atoms with Crippen molar-refractivity contribution in [2.24, 2.45) is 0 Å².